The Kier molecular flexibility index (Phi) is 5.45. The molecule has 3 heteroatoms. The van der Waals surface area contributed by atoms with Crippen LogP contribution in [-0.2, 0) is 9.47 Å². The van der Waals surface area contributed by atoms with Gasteiger partial charge in [0.2, 0.25) is 0 Å². The molecule has 1 aliphatic heterocycles. The van der Waals surface area contributed by atoms with Crippen LogP contribution in [0.15, 0.2) is 0 Å². The highest BCUT2D eigenvalue weighted by molar-refractivity contribution is 4.74. The predicted molar refractivity (Wildman–Crippen MR) is 57.5 cm³/mol. The molecule has 1 saturated heterocycles. The lowest BCUT2D eigenvalue weighted by atomic mass is 10.2. The van der Waals surface area contributed by atoms with E-state index in [9.17, 15) is 0 Å². The largest absolute Gasteiger partial charge is 0.380 e. The minimum Gasteiger partial charge on any atom is -0.380 e. The van der Waals surface area contributed by atoms with Crippen LogP contribution in [0.4, 0.5) is 0 Å². The lowest BCUT2D eigenvalue weighted by Crippen LogP contribution is -2.36. The summed E-state index contributed by atoms with van der Waals surface area (Å²) in [4.78, 5) is 0. The number of hydrogen-bond acceptors (Lipinski definition) is 3. The van der Waals surface area contributed by atoms with E-state index < -0.39 is 0 Å². The van der Waals surface area contributed by atoms with Crippen molar-refractivity contribution in [3.63, 3.8) is 0 Å². The van der Waals surface area contributed by atoms with Crippen LogP contribution in [0.1, 0.15) is 33.6 Å². The smallest absolute Gasteiger partial charge is 0.0704 e. The first-order chi connectivity index (χ1) is 6.72. The predicted octanol–water partition coefficient (Wildman–Crippen LogP) is 1.57. The van der Waals surface area contributed by atoms with Crippen molar-refractivity contribution in [2.45, 2.75) is 51.9 Å². The molecule has 1 N–H and O–H groups in total. The Morgan fingerprint density at radius 3 is 2.86 bits per heavy atom. The molecule has 0 bridgehead atoms. The average molecular weight is 201 g/mol. The zero-order valence-corrected chi connectivity index (χ0v) is 9.58. The first-order valence-electron chi connectivity index (χ1n) is 5.69. The molecule has 0 aromatic carbocycles. The molecular formula is C11H23NO2. The molecule has 1 aliphatic rings. The van der Waals surface area contributed by atoms with Crippen molar-refractivity contribution >= 4 is 0 Å². The van der Waals surface area contributed by atoms with Gasteiger partial charge in [0.1, 0.15) is 0 Å². The number of nitrogens with one attached hydrogen (secondary N) is 1. The zero-order chi connectivity index (χ0) is 10.4. The molecule has 3 atom stereocenters. The highest BCUT2D eigenvalue weighted by atomic mass is 16.5. The molecule has 84 valence electrons. The Bertz CT molecular complexity index is 152. The van der Waals surface area contributed by atoms with Crippen molar-refractivity contribution in [1.82, 2.24) is 5.32 Å². The number of hydrogen-bond donors (Lipinski definition) is 1. The van der Waals surface area contributed by atoms with Gasteiger partial charge in [-0.05, 0) is 33.6 Å². The summed E-state index contributed by atoms with van der Waals surface area (Å²) in [5, 5.41) is 3.43. The molecule has 1 fully saturated rings. The molecule has 3 nitrogen and oxygen atoms in total. The SMILES string of the molecule is CCOCC(C)NCC1CCC(C)O1. The Morgan fingerprint density at radius 2 is 2.29 bits per heavy atom. The van der Waals surface area contributed by atoms with E-state index in [4.69, 9.17) is 9.47 Å². The summed E-state index contributed by atoms with van der Waals surface area (Å²) in [5.41, 5.74) is 0. The molecule has 3 unspecified atom stereocenters. The van der Waals surface area contributed by atoms with Gasteiger partial charge in [-0.25, -0.2) is 0 Å². The first-order valence-corrected chi connectivity index (χ1v) is 5.69. The second kappa shape index (κ2) is 6.38. The summed E-state index contributed by atoms with van der Waals surface area (Å²) < 4.78 is 11.0. The average Bonchev–Trinajstić information content (AvgIpc) is 2.58. The third-order valence-corrected chi connectivity index (χ3v) is 2.59. The maximum absolute atomic E-state index is 5.71. The van der Waals surface area contributed by atoms with Gasteiger partial charge in [-0.1, -0.05) is 0 Å². The molecule has 0 amide bonds. The third kappa shape index (κ3) is 4.40. The fourth-order valence-electron chi connectivity index (χ4n) is 1.72. The van der Waals surface area contributed by atoms with E-state index in [-0.39, 0.29) is 0 Å². The van der Waals surface area contributed by atoms with E-state index in [0.717, 1.165) is 19.8 Å². The fourth-order valence-corrected chi connectivity index (χ4v) is 1.72. The summed E-state index contributed by atoms with van der Waals surface area (Å²) >= 11 is 0. The second-order valence-electron chi connectivity index (χ2n) is 4.11. The van der Waals surface area contributed by atoms with E-state index >= 15 is 0 Å². The highest BCUT2D eigenvalue weighted by Gasteiger charge is 2.21. The minimum absolute atomic E-state index is 0.411. The topological polar surface area (TPSA) is 30.5 Å². The quantitative estimate of drug-likeness (QED) is 0.707. The van der Waals surface area contributed by atoms with Crippen molar-refractivity contribution in [1.29, 1.82) is 0 Å². The normalized spacial score (nSPS) is 29.4. The maximum atomic E-state index is 5.71. The van der Waals surface area contributed by atoms with E-state index in [0.29, 0.717) is 18.2 Å². The van der Waals surface area contributed by atoms with Crippen molar-refractivity contribution in [2.75, 3.05) is 19.8 Å². The summed E-state index contributed by atoms with van der Waals surface area (Å²) in [6.07, 6.45) is 3.25. The lowest BCUT2D eigenvalue weighted by molar-refractivity contribution is 0.0507. The third-order valence-electron chi connectivity index (χ3n) is 2.59. The van der Waals surface area contributed by atoms with Crippen molar-refractivity contribution in [3.8, 4) is 0 Å². The highest BCUT2D eigenvalue weighted by Crippen LogP contribution is 2.18. The molecule has 14 heavy (non-hydrogen) atoms. The molecule has 0 radical (unpaired) electrons. The van der Waals surface area contributed by atoms with E-state index in [1.165, 1.54) is 12.8 Å². The molecule has 0 aliphatic carbocycles. The zero-order valence-electron chi connectivity index (χ0n) is 9.58. The molecule has 1 heterocycles. The summed E-state index contributed by atoms with van der Waals surface area (Å²) in [7, 11) is 0. The van der Waals surface area contributed by atoms with E-state index in [1.54, 1.807) is 0 Å². The molecule has 0 saturated carbocycles. The van der Waals surface area contributed by atoms with Crippen LogP contribution in [-0.4, -0.2) is 38.0 Å². The van der Waals surface area contributed by atoms with Gasteiger partial charge in [-0.3, -0.25) is 0 Å². The van der Waals surface area contributed by atoms with Gasteiger partial charge in [0.05, 0.1) is 18.8 Å². The minimum atomic E-state index is 0.411. The van der Waals surface area contributed by atoms with Gasteiger partial charge < -0.3 is 14.8 Å². The Balaban J connectivity index is 2.02. The second-order valence-corrected chi connectivity index (χ2v) is 4.11. The lowest BCUT2D eigenvalue weighted by Gasteiger charge is -2.17. The van der Waals surface area contributed by atoms with Gasteiger partial charge in [-0.2, -0.15) is 0 Å². The standard InChI is InChI=1S/C11H23NO2/c1-4-13-8-9(2)12-7-11-6-5-10(3)14-11/h9-12H,4-8H2,1-3H3. The van der Waals surface area contributed by atoms with Crippen molar-refractivity contribution in [3.05, 3.63) is 0 Å². The van der Waals surface area contributed by atoms with Crippen LogP contribution < -0.4 is 5.32 Å². The van der Waals surface area contributed by atoms with Crippen LogP contribution in [0, 0.1) is 0 Å². The summed E-state index contributed by atoms with van der Waals surface area (Å²) in [5.74, 6) is 0. The molecule has 0 aromatic heterocycles. The number of ether oxygens (including phenoxy) is 2. The van der Waals surface area contributed by atoms with E-state index in [2.05, 4.69) is 19.2 Å². The van der Waals surface area contributed by atoms with Gasteiger partial charge >= 0.3 is 0 Å². The van der Waals surface area contributed by atoms with Gasteiger partial charge in [-0.15, -0.1) is 0 Å². The number of rotatable bonds is 6. The fraction of sp³-hybridized carbons (Fsp3) is 1.00. The van der Waals surface area contributed by atoms with Crippen molar-refractivity contribution < 1.29 is 9.47 Å². The summed E-state index contributed by atoms with van der Waals surface area (Å²) in [6.45, 7) is 8.85. The van der Waals surface area contributed by atoms with Crippen LogP contribution in [0.5, 0.6) is 0 Å². The Labute approximate surface area is 87.2 Å². The van der Waals surface area contributed by atoms with Crippen LogP contribution in [0.25, 0.3) is 0 Å². The van der Waals surface area contributed by atoms with Crippen LogP contribution in [0.2, 0.25) is 0 Å². The van der Waals surface area contributed by atoms with Crippen LogP contribution >= 0.6 is 0 Å². The van der Waals surface area contributed by atoms with E-state index in [1.807, 2.05) is 6.92 Å². The summed E-state index contributed by atoms with van der Waals surface area (Å²) in [6, 6.07) is 0.425. The Hall–Kier alpha value is -0.120. The first kappa shape index (κ1) is 12.0. The van der Waals surface area contributed by atoms with Crippen molar-refractivity contribution in [2.24, 2.45) is 0 Å². The van der Waals surface area contributed by atoms with Gasteiger partial charge in [0.15, 0.2) is 0 Å². The molecular weight excluding hydrogens is 178 g/mol. The molecule has 1 rings (SSSR count). The van der Waals surface area contributed by atoms with Gasteiger partial charge in [0, 0.05) is 19.2 Å². The van der Waals surface area contributed by atoms with Crippen LogP contribution in [0.3, 0.4) is 0 Å². The monoisotopic (exact) mass is 201 g/mol. The Morgan fingerprint density at radius 1 is 1.50 bits per heavy atom. The van der Waals surface area contributed by atoms with Gasteiger partial charge in [0.25, 0.3) is 0 Å². The maximum Gasteiger partial charge on any atom is 0.0704 e. The molecule has 0 aromatic rings. The molecule has 0 spiro atoms.